The van der Waals surface area contributed by atoms with E-state index in [1.54, 1.807) is 13.3 Å². The number of para-hydroxylation sites is 1. The largest absolute Gasteiger partial charge is 0.496 e. The lowest BCUT2D eigenvalue weighted by Crippen LogP contribution is -1.90. The van der Waals surface area contributed by atoms with E-state index in [1.165, 1.54) is 0 Å². The molecule has 0 unspecified atom stereocenters. The predicted molar refractivity (Wildman–Crippen MR) is 74.4 cm³/mol. The van der Waals surface area contributed by atoms with Crippen molar-refractivity contribution in [2.75, 3.05) is 7.11 Å². The van der Waals surface area contributed by atoms with Crippen molar-refractivity contribution in [3.8, 4) is 5.75 Å². The summed E-state index contributed by atoms with van der Waals surface area (Å²) in [6.45, 7) is 0. The number of aliphatic imine (C=N–C) groups is 1. The van der Waals surface area contributed by atoms with Gasteiger partial charge in [0.1, 0.15) is 5.75 Å². The highest BCUT2D eigenvalue weighted by Gasteiger charge is 2.00. The molecule has 2 aromatic rings. The topological polar surface area (TPSA) is 21.6 Å². The molecule has 0 aromatic heterocycles. The van der Waals surface area contributed by atoms with Gasteiger partial charge in [-0.2, -0.15) is 0 Å². The molecular formula is C14H12BrNO. The normalized spacial score (nSPS) is 10.7. The van der Waals surface area contributed by atoms with E-state index in [4.69, 9.17) is 4.74 Å². The van der Waals surface area contributed by atoms with Crippen LogP contribution in [0, 0.1) is 0 Å². The van der Waals surface area contributed by atoms with Crippen molar-refractivity contribution in [1.29, 1.82) is 0 Å². The van der Waals surface area contributed by atoms with Crippen LogP contribution in [0.15, 0.2) is 58.0 Å². The van der Waals surface area contributed by atoms with E-state index in [1.807, 2.05) is 48.5 Å². The maximum Gasteiger partial charge on any atom is 0.127 e. The molecule has 0 amide bonds. The molecule has 0 bridgehead atoms. The molecule has 17 heavy (non-hydrogen) atoms. The van der Waals surface area contributed by atoms with E-state index in [9.17, 15) is 0 Å². The fraction of sp³-hybridized carbons (Fsp3) is 0.0714. The van der Waals surface area contributed by atoms with Gasteiger partial charge < -0.3 is 4.74 Å². The van der Waals surface area contributed by atoms with Crippen molar-refractivity contribution in [3.05, 3.63) is 58.6 Å². The molecule has 0 heterocycles. The SMILES string of the molecule is COc1ccc(Br)cc1C=Nc1ccccc1. The zero-order valence-corrected chi connectivity index (χ0v) is 11.0. The Morgan fingerprint density at radius 1 is 1.12 bits per heavy atom. The zero-order valence-electron chi connectivity index (χ0n) is 9.43. The van der Waals surface area contributed by atoms with Crippen LogP contribution >= 0.6 is 15.9 Å². The molecule has 0 saturated heterocycles. The Labute approximate surface area is 109 Å². The summed E-state index contributed by atoms with van der Waals surface area (Å²) in [7, 11) is 1.66. The van der Waals surface area contributed by atoms with Gasteiger partial charge in [0.25, 0.3) is 0 Å². The molecule has 0 fully saturated rings. The first kappa shape index (κ1) is 11.9. The smallest absolute Gasteiger partial charge is 0.127 e. The highest BCUT2D eigenvalue weighted by Crippen LogP contribution is 2.22. The van der Waals surface area contributed by atoms with Crippen LogP contribution < -0.4 is 4.74 Å². The second kappa shape index (κ2) is 5.64. The summed E-state index contributed by atoms with van der Waals surface area (Å²) in [5.74, 6) is 0.813. The van der Waals surface area contributed by atoms with E-state index in [0.29, 0.717) is 0 Å². The molecule has 0 N–H and O–H groups in total. The number of halogens is 1. The van der Waals surface area contributed by atoms with Crippen LogP contribution in [-0.4, -0.2) is 13.3 Å². The van der Waals surface area contributed by atoms with Gasteiger partial charge in [-0.05, 0) is 30.3 Å². The number of ether oxygens (including phenoxy) is 1. The molecule has 0 aliphatic carbocycles. The van der Waals surface area contributed by atoms with Gasteiger partial charge in [0.05, 0.1) is 12.8 Å². The van der Waals surface area contributed by atoms with Gasteiger partial charge in [0.2, 0.25) is 0 Å². The van der Waals surface area contributed by atoms with Gasteiger partial charge in [0.15, 0.2) is 0 Å². The monoisotopic (exact) mass is 289 g/mol. The van der Waals surface area contributed by atoms with Crippen molar-refractivity contribution >= 4 is 27.8 Å². The molecule has 0 saturated carbocycles. The first-order valence-corrected chi connectivity index (χ1v) is 6.01. The average molecular weight is 290 g/mol. The Morgan fingerprint density at radius 2 is 1.88 bits per heavy atom. The third kappa shape index (κ3) is 3.17. The summed E-state index contributed by atoms with van der Waals surface area (Å²) in [5.41, 5.74) is 1.88. The summed E-state index contributed by atoms with van der Waals surface area (Å²) in [6.07, 6.45) is 1.80. The maximum atomic E-state index is 5.28. The van der Waals surface area contributed by atoms with E-state index in [-0.39, 0.29) is 0 Å². The standard InChI is InChI=1S/C14H12BrNO/c1-17-14-8-7-12(15)9-11(14)10-16-13-5-3-2-4-6-13/h2-10H,1H3. The number of hydrogen-bond acceptors (Lipinski definition) is 2. The van der Waals surface area contributed by atoms with Crippen LogP contribution in [0.5, 0.6) is 5.75 Å². The Balaban J connectivity index is 2.29. The van der Waals surface area contributed by atoms with Crippen LogP contribution in [-0.2, 0) is 0 Å². The van der Waals surface area contributed by atoms with E-state index < -0.39 is 0 Å². The summed E-state index contributed by atoms with van der Waals surface area (Å²) in [4.78, 5) is 4.40. The quantitative estimate of drug-likeness (QED) is 0.776. The van der Waals surface area contributed by atoms with Gasteiger partial charge in [-0.15, -0.1) is 0 Å². The van der Waals surface area contributed by atoms with E-state index in [0.717, 1.165) is 21.5 Å². The summed E-state index contributed by atoms with van der Waals surface area (Å²) in [5, 5.41) is 0. The van der Waals surface area contributed by atoms with Crippen molar-refractivity contribution in [2.45, 2.75) is 0 Å². The molecule has 2 nitrogen and oxygen atoms in total. The molecule has 86 valence electrons. The molecule has 0 aliphatic rings. The van der Waals surface area contributed by atoms with Crippen LogP contribution in [0.4, 0.5) is 5.69 Å². The number of benzene rings is 2. The Hall–Kier alpha value is -1.61. The van der Waals surface area contributed by atoms with Gasteiger partial charge in [0, 0.05) is 16.3 Å². The van der Waals surface area contributed by atoms with E-state index >= 15 is 0 Å². The second-order valence-corrected chi connectivity index (χ2v) is 4.40. The van der Waals surface area contributed by atoms with Crippen molar-refractivity contribution in [2.24, 2.45) is 4.99 Å². The molecular weight excluding hydrogens is 278 g/mol. The number of hydrogen-bond donors (Lipinski definition) is 0. The second-order valence-electron chi connectivity index (χ2n) is 3.48. The average Bonchev–Trinajstić information content (AvgIpc) is 2.38. The fourth-order valence-corrected chi connectivity index (χ4v) is 1.84. The number of methoxy groups -OCH3 is 1. The summed E-state index contributed by atoms with van der Waals surface area (Å²) < 4.78 is 6.28. The lowest BCUT2D eigenvalue weighted by Gasteiger charge is -2.04. The molecule has 0 radical (unpaired) electrons. The fourth-order valence-electron chi connectivity index (χ4n) is 1.46. The van der Waals surface area contributed by atoms with Crippen LogP contribution in [0.2, 0.25) is 0 Å². The van der Waals surface area contributed by atoms with Gasteiger partial charge in [-0.3, -0.25) is 4.99 Å². The minimum absolute atomic E-state index is 0.813. The highest BCUT2D eigenvalue weighted by atomic mass is 79.9. The molecule has 0 aliphatic heterocycles. The first-order chi connectivity index (χ1) is 8.29. The number of rotatable bonds is 3. The van der Waals surface area contributed by atoms with Crippen molar-refractivity contribution < 1.29 is 4.74 Å². The summed E-state index contributed by atoms with van der Waals surface area (Å²) in [6, 6.07) is 15.6. The summed E-state index contributed by atoms with van der Waals surface area (Å²) >= 11 is 3.43. The Bertz CT molecular complexity index is 523. The predicted octanol–water partition coefficient (Wildman–Crippen LogP) is 4.21. The molecule has 2 aromatic carbocycles. The minimum atomic E-state index is 0.813. The van der Waals surface area contributed by atoms with Crippen LogP contribution in [0.25, 0.3) is 0 Å². The lowest BCUT2D eigenvalue weighted by molar-refractivity contribution is 0.414. The lowest BCUT2D eigenvalue weighted by atomic mass is 10.2. The maximum absolute atomic E-state index is 5.28. The Kier molecular flexibility index (Phi) is 3.94. The molecule has 2 rings (SSSR count). The molecule has 3 heteroatoms. The van der Waals surface area contributed by atoms with E-state index in [2.05, 4.69) is 20.9 Å². The van der Waals surface area contributed by atoms with Crippen molar-refractivity contribution in [3.63, 3.8) is 0 Å². The molecule has 0 spiro atoms. The minimum Gasteiger partial charge on any atom is -0.496 e. The third-order valence-electron chi connectivity index (χ3n) is 2.30. The van der Waals surface area contributed by atoms with Gasteiger partial charge in [-0.1, -0.05) is 34.1 Å². The Morgan fingerprint density at radius 3 is 2.59 bits per heavy atom. The van der Waals surface area contributed by atoms with Crippen LogP contribution in [0.1, 0.15) is 5.56 Å². The number of nitrogens with zero attached hydrogens (tertiary/aromatic N) is 1. The van der Waals surface area contributed by atoms with Crippen LogP contribution in [0.3, 0.4) is 0 Å². The zero-order chi connectivity index (χ0) is 12.1. The van der Waals surface area contributed by atoms with Gasteiger partial charge in [-0.25, -0.2) is 0 Å². The molecule has 0 atom stereocenters. The van der Waals surface area contributed by atoms with Gasteiger partial charge >= 0.3 is 0 Å². The highest BCUT2D eigenvalue weighted by molar-refractivity contribution is 9.10. The third-order valence-corrected chi connectivity index (χ3v) is 2.79. The van der Waals surface area contributed by atoms with Crippen molar-refractivity contribution in [1.82, 2.24) is 0 Å². The first-order valence-electron chi connectivity index (χ1n) is 5.22.